The quantitative estimate of drug-likeness (QED) is 0.558. The van der Waals surface area contributed by atoms with E-state index >= 15 is 0 Å². The summed E-state index contributed by atoms with van der Waals surface area (Å²) in [6.45, 7) is 1.19. The summed E-state index contributed by atoms with van der Waals surface area (Å²) in [6, 6.07) is 3.37. The van der Waals surface area contributed by atoms with Gasteiger partial charge < -0.3 is 19.4 Å². The molecule has 0 aliphatic carbocycles. The number of carbonyl (C=O) groups is 1. The lowest BCUT2D eigenvalue weighted by atomic mass is 10.1. The number of amides is 1. The summed E-state index contributed by atoms with van der Waals surface area (Å²) in [5.41, 5.74) is -0.491. The summed E-state index contributed by atoms with van der Waals surface area (Å²) < 4.78 is 77.3. The summed E-state index contributed by atoms with van der Waals surface area (Å²) >= 11 is 0. The van der Waals surface area contributed by atoms with E-state index in [4.69, 9.17) is 9.15 Å². The van der Waals surface area contributed by atoms with Gasteiger partial charge in [0, 0.05) is 43.7 Å². The number of anilines is 1. The number of ether oxygens (including phenoxy) is 1. The number of alkyl halides is 5. The lowest BCUT2D eigenvalue weighted by Crippen LogP contribution is -2.50. The van der Waals surface area contributed by atoms with Crippen molar-refractivity contribution >= 4 is 22.5 Å². The van der Waals surface area contributed by atoms with E-state index in [1.54, 1.807) is 11.0 Å². The molecule has 1 N–H and O–H groups in total. The first-order valence-electron chi connectivity index (χ1n) is 10.2. The van der Waals surface area contributed by atoms with Crippen LogP contribution in [0.5, 0.6) is 0 Å². The Morgan fingerprint density at radius 2 is 1.91 bits per heavy atom. The molecular weight excluding hydrogens is 441 g/mol. The standard InChI is InChI=1S/C20H20F5N3O4/c21-16(22)17(29)26-11-3-6-27(10-11)13-1-2-14-15(9-13)28(12-4-7-31-8-5-12)19(20(23,24)25)32-18(14)30/h1-2,9,11-12,16H,3-8,10H2/p+1. The fourth-order valence-electron chi connectivity index (χ4n) is 4.27. The van der Waals surface area contributed by atoms with E-state index in [9.17, 15) is 31.5 Å². The van der Waals surface area contributed by atoms with Crippen molar-refractivity contribution in [1.82, 2.24) is 5.32 Å². The highest BCUT2D eigenvalue weighted by Gasteiger charge is 2.49. The molecule has 7 nitrogen and oxygen atoms in total. The largest absolute Gasteiger partial charge is 0.517 e. The van der Waals surface area contributed by atoms with Gasteiger partial charge in [-0.3, -0.25) is 4.79 Å². The van der Waals surface area contributed by atoms with Gasteiger partial charge in [-0.1, -0.05) is 0 Å². The molecule has 2 aliphatic heterocycles. The van der Waals surface area contributed by atoms with Crippen molar-refractivity contribution in [2.75, 3.05) is 31.2 Å². The van der Waals surface area contributed by atoms with Crippen LogP contribution in [0.1, 0.15) is 31.2 Å². The third-order valence-corrected chi connectivity index (χ3v) is 5.77. The minimum Gasteiger partial charge on any atom is -0.381 e. The Bertz CT molecular complexity index is 1070. The zero-order valence-electron chi connectivity index (χ0n) is 16.8. The predicted octanol–water partition coefficient (Wildman–Crippen LogP) is 2.41. The molecule has 1 unspecified atom stereocenters. The van der Waals surface area contributed by atoms with Crippen LogP contribution in [0.2, 0.25) is 0 Å². The monoisotopic (exact) mass is 462 g/mol. The lowest BCUT2D eigenvalue weighted by molar-refractivity contribution is -0.731. The van der Waals surface area contributed by atoms with Crippen molar-refractivity contribution in [2.24, 2.45) is 0 Å². The van der Waals surface area contributed by atoms with Gasteiger partial charge in [-0.15, -0.1) is 0 Å². The zero-order valence-corrected chi connectivity index (χ0v) is 16.8. The Hall–Kier alpha value is -2.76. The van der Waals surface area contributed by atoms with Gasteiger partial charge in [-0.2, -0.15) is 26.5 Å². The molecule has 0 spiro atoms. The van der Waals surface area contributed by atoms with Gasteiger partial charge >= 0.3 is 24.1 Å². The molecule has 0 bridgehead atoms. The first-order chi connectivity index (χ1) is 15.1. The van der Waals surface area contributed by atoms with Crippen LogP contribution in [0.3, 0.4) is 0 Å². The van der Waals surface area contributed by atoms with E-state index in [0.717, 1.165) is 4.57 Å². The summed E-state index contributed by atoms with van der Waals surface area (Å²) in [7, 11) is 0. The van der Waals surface area contributed by atoms with Gasteiger partial charge in [0.25, 0.3) is 5.91 Å². The highest BCUT2D eigenvalue weighted by Crippen LogP contribution is 2.31. The molecule has 4 rings (SSSR count). The van der Waals surface area contributed by atoms with Crippen molar-refractivity contribution in [1.29, 1.82) is 0 Å². The maximum absolute atomic E-state index is 13.8. The van der Waals surface area contributed by atoms with E-state index in [0.29, 0.717) is 31.5 Å². The highest BCUT2D eigenvalue weighted by molar-refractivity contribution is 5.80. The first-order valence-corrected chi connectivity index (χ1v) is 10.2. The molecule has 32 heavy (non-hydrogen) atoms. The number of nitrogens with one attached hydrogen (secondary N) is 1. The maximum Gasteiger partial charge on any atom is 0.517 e. The van der Waals surface area contributed by atoms with Crippen LogP contribution < -0.4 is 20.4 Å². The van der Waals surface area contributed by atoms with E-state index < -0.39 is 42.1 Å². The third-order valence-electron chi connectivity index (χ3n) is 5.77. The number of aromatic nitrogens is 1. The third kappa shape index (κ3) is 4.41. The van der Waals surface area contributed by atoms with Crippen molar-refractivity contribution in [3.63, 3.8) is 0 Å². The SMILES string of the molecule is O=C(NC1CCN(c2ccc3c(=O)oc(C(F)(F)F)[n+](C4CCOCC4)c3c2)C1)C(F)F. The molecule has 2 aliphatic rings. The summed E-state index contributed by atoms with van der Waals surface area (Å²) in [5.74, 6) is -2.73. The van der Waals surface area contributed by atoms with E-state index in [1.165, 1.54) is 12.1 Å². The van der Waals surface area contributed by atoms with Crippen LogP contribution in [-0.2, 0) is 15.7 Å². The number of fused-ring (bicyclic) bond motifs is 1. The Labute approximate surface area is 178 Å². The van der Waals surface area contributed by atoms with Gasteiger partial charge in [0.15, 0.2) is 6.04 Å². The fourth-order valence-corrected chi connectivity index (χ4v) is 4.27. The molecule has 174 valence electrons. The normalized spacial score (nSPS) is 20.3. The molecule has 1 atom stereocenters. The average Bonchev–Trinajstić information content (AvgIpc) is 3.21. The van der Waals surface area contributed by atoms with Crippen molar-refractivity contribution < 1.29 is 40.5 Å². The molecule has 1 aromatic heterocycles. The maximum atomic E-state index is 13.8. The Balaban J connectivity index is 1.74. The smallest absolute Gasteiger partial charge is 0.381 e. The van der Waals surface area contributed by atoms with Crippen molar-refractivity contribution in [3.05, 3.63) is 34.5 Å². The number of carbonyl (C=O) groups excluding carboxylic acids is 1. The average molecular weight is 462 g/mol. The molecule has 0 saturated carbocycles. The van der Waals surface area contributed by atoms with Gasteiger partial charge in [0.1, 0.15) is 5.39 Å². The second kappa shape index (κ2) is 8.64. The van der Waals surface area contributed by atoms with Gasteiger partial charge in [-0.25, -0.2) is 4.79 Å². The lowest BCUT2D eigenvalue weighted by Gasteiger charge is -2.22. The molecule has 2 saturated heterocycles. The van der Waals surface area contributed by atoms with E-state index in [1.807, 2.05) is 0 Å². The summed E-state index contributed by atoms with van der Waals surface area (Å²) in [6.07, 6.45) is -6.94. The van der Waals surface area contributed by atoms with Gasteiger partial charge in [-0.05, 0) is 18.6 Å². The summed E-state index contributed by atoms with van der Waals surface area (Å²) in [4.78, 5) is 25.3. The molecule has 1 aromatic carbocycles. The van der Waals surface area contributed by atoms with Crippen LogP contribution in [0.25, 0.3) is 10.9 Å². The molecule has 1 amide bonds. The number of hydrogen-bond acceptors (Lipinski definition) is 5. The second-order valence-electron chi connectivity index (χ2n) is 7.85. The molecule has 0 radical (unpaired) electrons. The van der Waals surface area contributed by atoms with E-state index in [-0.39, 0.29) is 30.7 Å². The number of hydrogen-bond donors (Lipinski definition) is 1. The number of rotatable bonds is 4. The fraction of sp³-hybridized carbons (Fsp3) is 0.550. The molecule has 3 heterocycles. The number of halogens is 5. The number of benzene rings is 1. The summed E-state index contributed by atoms with van der Waals surface area (Å²) in [5, 5.41) is 2.26. The predicted molar refractivity (Wildman–Crippen MR) is 102 cm³/mol. The van der Waals surface area contributed by atoms with Crippen LogP contribution >= 0.6 is 0 Å². The Morgan fingerprint density at radius 1 is 1.19 bits per heavy atom. The zero-order chi connectivity index (χ0) is 23.0. The van der Waals surface area contributed by atoms with Gasteiger partial charge in [0.2, 0.25) is 5.52 Å². The minimum absolute atomic E-state index is 0.00925. The first kappa shape index (κ1) is 22.4. The Kier molecular flexibility index (Phi) is 6.06. The molecule has 2 aromatic rings. The van der Waals surface area contributed by atoms with Crippen molar-refractivity contribution in [3.8, 4) is 0 Å². The highest BCUT2D eigenvalue weighted by atomic mass is 19.4. The van der Waals surface area contributed by atoms with Crippen molar-refractivity contribution in [2.45, 2.75) is 43.9 Å². The molecular formula is C20H21F5N3O4+. The van der Waals surface area contributed by atoms with Crippen LogP contribution in [-0.4, -0.2) is 44.7 Å². The number of nitrogens with zero attached hydrogens (tertiary/aromatic N) is 2. The Morgan fingerprint density at radius 3 is 2.56 bits per heavy atom. The minimum atomic E-state index is -4.88. The van der Waals surface area contributed by atoms with Gasteiger partial charge in [0.05, 0.1) is 13.2 Å². The molecule has 2 fully saturated rings. The molecule has 12 heteroatoms. The topological polar surface area (TPSA) is 75.7 Å². The van der Waals surface area contributed by atoms with Crippen LogP contribution in [0.4, 0.5) is 27.6 Å². The second-order valence-corrected chi connectivity index (χ2v) is 7.85. The van der Waals surface area contributed by atoms with Crippen LogP contribution in [0, 0.1) is 0 Å². The van der Waals surface area contributed by atoms with Crippen LogP contribution in [0.15, 0.2) is 27.4 Å². The van der Waals surface area contributed by atoms with E-state index in [2.05, 4.69) is 5.32 Å².